The lowest BCUT2D eigenvalue weighted by atomic mass is 9.79. The van der Waals surface area contributed by atoms with Crippen LogP contribution in [0, 0.1) is 0 Å². The number of hydrogen-bond donors (Lipinski definition) is 1. The van der Waals surface area contributed by atoms with Crippen LogP contribution in [-0.2, 0) is 9.31 Å². The van der Waals surface area contributed by atoms with Crippen molar-refractivity contribution in [1.82, 2.24) is 4.98 Å². The highest BCUT2D eigenvalue weighted by atomic mass is 35.5. The fourth-order valence-electron chi connectivity index (χ4n) is 2.46. The van der Waals surface area contributed by atoms with Gasteiger partial charge in [0.15, 0.2) is 0 Å². The Morgan fingerprint density at radius 1 is 1.12 bits per heavy atom. The molecule has 5 nitrogen and oxygen atoms in total. The van der Waals surface area contributed by atoms with Crippen molar-refractivity contribution in [2.75, 3.05) is 5.32 Å². The van der Waals surface area contributed by atoms with Gasteiger partial charge in [0, 0.05) is 6.20 Å². The minimum absolute atomic E-state index is 0.316. The number of carbonyl (C=O) groups excluding carboxylic acids is 1. The summed E-state index contributed by atoms with van der Waals surface area (Å²) in [6.07, 6.45) is 1.61. The summed E-state index contributed by atoms with van der Waals surface area (Å²) in [5, 5.41) is 3.05. The number of amides is 1. The van der Waals surface area contributed by atoms with Gasteiger partial charge in [0.1, 0.15) is 5.82 Å². The zero-order chi connectivity index (χ0) is 18.2. The van der Waals surface area contributed by atoms with E-state index in [1.807, 2.05) is 27.7 Å². The number of anilines is 1. The summed E-state index contributed by atoms with van der Waals surface area (Å²) in [4.78, 5) is 16.4. The van der Waals surface area contributed by atoms with Crippen LogP contribution in [-0.4, -0.2) is 29.2 Å². The molecule has 7 heteroatoms. The highest BCUT2D eigenvalue weighted by Gasteiger charge is 2.51. The Kier molecular flexibility index (Phi) is 4.62. The van der Waals surface area contributed by atoms with E-state index in [2.05, 4.69) is 10.3 Å². The quantitative estimate of drug-likeness (QED) is 0.855. The second kappa shape index (κ2) is 6.44. The first-order valence-electron chi connectivity index (χ1n) is 8.07. The summed E-state index contributed by atoms with van der Waals surface area (Å²) in [6.45, 7) is 7.96. The molecule has 1 N–H and O–H groups in total. The lowest BCUT2D eigenvalue weighted by Crippen LogP contribution is -2.41. The third kappa shape index (κ3) is 3.56. The molecule has 1 aromatic heterocycles. The Labute approximate surface area is 152 Å². The Bertz CT molecular complexity index is 780. The molecule has 0 saturated carbocycles. The molecule has 1 aromatic carbocycles. The Morgan fingerprint density at radius 2 is 1.80 bits per heavy atom. The van der Waals surface area contributed by atoms with Crippen molar-refractivity contribution in [3.8, 4) is 0 Å². The van der Waals surface area contributed by atoms with E-state index >= 15 is 0 Å². The molecule has 0 aliphatic carbocycles. The first-order valence-corrected chi connectivity index (χ1v) is 8.45. The third-order valence-electron chi connectivity index (χ3n) is 4.67. The lowest BCUT2D eigenvalue weighted by Gasteiger charge is -2.32. The predicted octanol–water partition coefficient (Wildman–Crippen LogP) is 3.29. The van der Waals surface area contributed by atoms with Crippen LogP contribution in [0.3, 0.4) is 0 Å². The number of rotatable bonds is 3. The van der Waals surface area contributed by atoms with E-state index in [1.165, 1.54) is 0 Å². The Morgan fingerprint density at radius 3 is 2.36 bits per heavy atom. The number of aromatic nitrogens is 1. The second-order valence-corrected chi connectivity index (χ2v) is 7.40. The number of benzene rings is 1. The van der Waals surface area contributed by atoms with Crippen molar-refractivity contribution in [3.63, 3.8) is 0 Å². The maximum atomic E-state index is 12.4. The molecule has 25 heavy (non-hydrogen) atoms. The van der Waals surface area contributed by atoms with Crippen molar-refractivity contribution < 1.29 is 14.1 Å². The van der Waals surface area contributed by atoms with Crippen molar-refractivity contribution in [1.29, 1.82) is 0 Å². The monoisotopic (exact) mass is 358 g/mol. The molecular weight excluding hydrogens is 338 g/mol. The van der Waals surface area contributed by atoms with Crippen LogP contribution in [0.25, 0.3) is 0 Å². The summed E-state index contributed by atoms with van der Waals surface area (Å²) < 4.78 is 12.0. The molecule has 1 saturated heterocycles. The van der Waals surface area contributed by atoms with E-state index in [9.17, 15) is 4.79 Å². The van der Waals surface area contributed by atoms with Gasteiger partial charge in [0.25, 0.3) is 5.91 Å². The summed E-state index contributed by atoms with van der Waals surface area (Å²) in [5.41, 5.74) is 0.281. The number of nitrogens with one attached hydrogen (secondary N) is 1. The van der Waals surface area contributed by atoms with Gasteiger partial charge in [-0.25, -0.2) is 4.98 Å². The fraction of sp³-hybridized carbons (Fsp3) is 0.333. The van der Waals surface area contributed by atoms with Crippen molar-refractivity contribution >= 4 is 35.9 Å². The van der Waals surface area contributed by atoms with Crippen LogP contribution >= 0.6 is 11.6 Å². The molecule has 2 heterocycles. The number of carbonyl (C=O) groups is 1. The lowest BCUT2D eigenvalue weighted by molar-refractivity contribution is 0.00578. The van der Waals surface area contributed by atoms with Gasteiger partial charge in [0.2, 0.25) is 0 Å². The molecule has 2 aromatic rings. The zero-order valence-electron chi connectivity index (χ0n) is 14.7. The number of hydrogen-bond acceptors (Lipinski definition) is 4. The smallest absolute Gasteiger partial charge is 0.399 e. The fourth-order valence-corrected chi connectivity index (χ4v) is 2.74. The summed E-state index contributed by atoms with van der Waals surface area (Å²) in [5.74, 6) is 0.155. The van der Waals surface area contributed by atoms with E-state index in [4.69, 9.17) is 20.9 Å². The van der Waals surface area contributed by atoms with Crippen LogP contribution < -0.4 is 10.8 Å². The molecule has 1 aliphatic rings. The normalized spacial score (nSPS) is 18.2. The van der Waals surface area contributed by atoms with Crippen molar-refractivity contribution in [2.24, 2.45) is 0 Å². The van der Waals surface area contributed by atoms with E-state index in [0.29, 0.717) is 16.4 Å². The largest absolute Gasteiger partial charge is 0.494 e. The molecule has 0 bridgehead atoms. The molecular formula is C18H20BClN2O3. The summed E-state index contributed by atoms with van der Waals surface area (Å²) in [6, 6.07) is 10.5. The van der Waals surface area contributed by atoms with Gasteiger partial charge in [-0.15, -0.1) is 0 Å². The molecule has 1 aliphatic heterocycles. The first kappa shape index (κ1) is 17.9. The van der Waals surface area contributed by atoms with Crippen LogP contribution in [0.2, 0.25) is 5.02 Å². The standard InChI is InChI=1S/C18H20BClN2O3/c1-17(2)18(3,4)25-19(24-17)12-8-9-13(14(20)11-12)16(23)22-15-7-5-6-10-21-15/h5-11H,1-4H3,(H,21,22,23). The molecule has 0 spiro atoms. The Hall–Kier alpha value is -1.89. The Balaban J connectivity index is 1.79. The van der Waals surface area contributed by atoms with Crippen LogP contribution in [0.5, 0.6) is 0 Å². The van der Waals surface area contributed by atoms with Gasteiger partial charge in [0.05, 0.1) is 21.8 Å². The highest BCUT2D eigenvalue weighted by Crippen LogP contribution is 2.36. The second-order valence-electron chi connectivity index (χ2n) is 7.00. The minimum atomic E-state index is -0.518. The highest BCUT2D eigenvalue weighted by molar-refractivity contribution is 6.62. The van der Waals surface area contributed by atoms with Crippen molar-refractivity contribution in [2.45, 2.75) is 38.9 Å². The van der Waals surface area contributed by atoms with E-state index in [0.717, 1.165) is 5.46 Å². The minimum Gasteiger partial charge on any atom is -0.399 e. The van der Waals surface area contributed by atoms with E-state index in [1.54, 1.807) is 42.6 Å². The molecule has 1 fully saturated rings. The van der Waals surface area contributed by atoms with Crippen molar-refractivity contribution in [3.05, 3.63) is 53.2 Å². The third-order valence-corrected chi connectivity index (χ3v) is 4.98. The molecule has 0 radical (unpaired) electrons. The van der Waals surface area contributed by atoms with Gasteiger partial charge in [-0.3, -0.25) is 4.79 Å². The van der Waals surface area contributed by atoms with Gasteiger partial charge < -0.3 is 14.6 Å². The topological polar surface area (TPSA) is 60.5 Å². The predicted molar refractivity (Wildman–Crippen MR) is 99.4 cm³/mol. The van der Waals surface area contributed by atoms with Gasteiger partial charge in [-0.2, -0.15) is 0 Å². The van der Waals surface area contributed by atoms with Gasteiger partial charge in [-0.1, -0.05) is 23.7 Å². The summed E-state index contributed by atoms with van der Waals surface area (Å²) >= 11 is 6.32. The average Bonchev–Trinajstić information content (AvgIpc) is 2.76. The number of nitrogens with zero attached hydrogens (tertiary/aromatic N) is 1. The number of halogens is 1. The zero-order valence-corrected chi connectivity index (χ0v) is 15.4. The van der Waals surface area contributed by atoms with E-state index < -0.39 is 18.3 Å². The molecule has 1 amide bonds. The maximum absolute atomic E-state index is 12.4. The van der Waals surface area contributed by atoms with E-state index in [-0.39, 0.29) is 5.91 Å². The van der Waals surface area contributed by atoms with Gasteiger partial charge >= 0.3 is 7.12 Å². The molecule has 3 rings (SSSR count). The average molecular weight is 359 g/mol. The van der Waals surface area contributed by atoms with Crippen LogP contribution in [0.4, 0.5) is 5.82 Å². The van der Waals surface area contributed by atoms with Crippen LogP contribution in [0.15, 0.2) is 42.6 Å². The number of pyridine rings is 1. The SMILES string of the molecule is CC1(C)OB(c2ccc(C(=O)Nc3ccccn3)c(Cl)c2)OC1(C)C. The maximum Gasteiger partial charge on any atom is 0.494 e. The van der Waals surface area contributed by atoms with Gasteiger partial charge in [-0.05, 0) is 57.4 Å². The molecule has 0 atom stereocenters. The van der Waals surface area contributed by atoms with Crippen LogP contribution in [0.1, 0.15) is 38.1 Å². The molecule has 0 unspecified atom stereocenters. The summed E-state index contributed by atoms with van der Waals surface area (Å²) in [7, 11) is -0.518. The first-order chi connectivity index (χ1) is 11.7. The molecule has 130 valence electrons.